The second kappa shape index (κ2) is 5.44. The van der Waals surface area contributed by atoms with Crippen LogP contribution in [0.3, 0.4) is 0 Å². The van der Waals surface area contributed by atoms with Crippen LogP contribution in [-0.4, -0.2) is 10.5 Å². The van der Waals surface area contributed by atoms with Gasteiger partial charge in [0.15, 0.2) is 0 Å². The van der Waals surface area contributed by atoms with Gasteiger partial charge < -0.3 is 0 Å². The van der Waals surface area contributed by atoms with Crippen LogP contribution in [0.15, 0.2) is 18.2 Å². The first-order valence-electron chi connectivity index (χ1n) is 5.13. The van der Waals surface area contributed by atoms with E-state index in [2.05, 4.69) is 5.48 Å². The highest BCUT2D eigenvalue weighted by molar-refractivity contribution is 6.30. The molecule has 0 saturated carbocycles. The summed E-state index contributed by atoms with van der Waals surface area (Å²) in [6.45, 7) is 5.87. The van der Waals surface area contributed by atoms with Crippen molar-refractivity contribution in [1.29, 1.82) is 0 Å². The molecule has 0 aliphatic rings. The molecule has 0 amide bonds. The summed E-state index contributed by atoms with van der Waals surface area (Å²) in [5, 5.41) is 11.2. The SMILES string of the molecule is CC(C)(C)ONCc1cc(Cl)ccc1[N+](=O)[O-]. The highest BCUT2D eigenvalue weighted by atomic mass is 35.5. The Balaban J connectivity index is 2.75. The molecule has 1 rings (SSSR count). The molecule has 0 unspecified atom stereocenters. The summed E-state index contributed by atoms with van der Waals surface area (Å²) in [7, 11) is 0. The molecule has 0 saturated heterocycles. The molecule has 0 spiro atoms. The number of nitrogens with one attached hydrogen (secondary N) is 1. The first kappa shape index (κ1) is 13.9. The van der Waals surface area contributed by atoms with Gasteiger partial charge in [-0.15, -0.1) is 0 Å². The van der Waals surface area contributed by atoms with Crippen molar-refractivity contribution in [2.75, 3.05) is 0 Å². The zero-order valence-corrected chi connectivity index (χ0v) is 10.7. The van der Waals surface area contributed by atoms with E-state index in [1.54, 1.807) is 6.07 Å². The van der Waals surface area contributed by atoms with Crippen molar-refractivity contribution >= 4 is 17.3 Å². The maximum Gasteiger partial charge on any atom is 0.274 e. The van der Waals surface area contributed by atoms with Gasteiger partial charge in [0.25, 0.3) is 5.69 Å². The standard InChI is InChI=1S/C11H15ClN2O3/c1-11(2,3)17-13-7-8-6-9(12)4-5-10(8)14(15)16/h4-6,13H,7H2,1-3H3. The largest absolute Gasteiger partial charge is 0.296 e. The van der Waals surface area contributed by atoms with Crippen molar-refractivity contribution in [3.8, 4) is 0 Å². The van der Waals surface area contributed by atoms with Crippen LogP contribution < -0.4 is 5.48 Å². The molecule has 0 aliphatic heterocycles. The topological polar surface area (TPSA) is 64.4 Å². The maximum atomic E-state index is 10.8. The zero-order valence-electron chi connectivity index (χ0n) is 9.99. The van der Waals surface area contributed by atoms with E-state index < -0.39 is 4.92 Å². The molecule has 1 aromatic carbocycles. The van der Waals surface area contributed by atoms with Crippen molar-refractivity contribution in [3.63, 3.8) is 0 Å². The van der Waals surface area contributed by atoms with Gasteiger partial charge in [-0.3, -0.25) is 15.0 Å². The third-order valence-corrected chi connectivity index (χ3v) is 2.11. The lowest BCUT2D eigenvalue weighted by atomic mass is 10.2. The molecule has 0 fully saturated rings. The highest BCUT2D eigenvalue weighted by Gasteiger charge is 2.15. The number of hydroxylamine groups is 1. The Hall–Kier alpha value is -1.17. The second-order valence-corrected chi connectivity index (χ2v) is 5.00. The van der Waals surface area contributed by atoms with Crippen molar-refractivity contribution in [2.45, 2.75) is 32.9 Å². The van der Waals surface area contributed by atoms with Gasteiger partial charge in [-0.1, -0.05) is 11.6 Å². The quantitative estimate of drug-likeness (QED) is 0.666. The number of halogens is 1. The summed E-state index contributed by atoms with van der Waals surface area (Å²) in [6.07, 6.45) is 0. The van der Waals surface area contributed by atoms with E-state index in [0.717, 1.165) is 0 Å². The Labute approximate surface area is 105 Å². The van der Waals surface area contributed by atoms with Crippen LogP contribution in [0.25, 0.3) is 0 Å². The van der Waals surface area contributed by atoms with E-state index in [0.29, 0.717) is 10.6 Å². The van der Waals surface area contributed by atoms with Crippen LogP contribution in [0.1, 0.15) is 26.3 Å². The van der Waals surface area contributed by atoms with Crippen molar-refractivity contribution in [3.05, 3.63) is 38.9 Å². The first-order valence-corrected chi connectivity index (χ1v) is 5.51. The van der Waals surface area contributed by atoms with Gasteiger partial charge in [-0.2, -0.15) is 5.48 Å². The number of hydrogen-bond donors (Lipinski definition) is 1. The molecule has 1 aromatic rings. The molecule has 0 heterocycles. The van der Waals surface area contributed by atoms with Gasteiger partial charge in [-0.05, 0) is 32.9 Å². The molecule has 0 radical (unpaired) electrons. The predicted molar refractivity (Wildman–Crippen MR) is 65.8 cm³/mol. The fraction of sp³-hybridized carbons (Fsp3) is 0.455. The number of benzene rings is 1. The third-order valence-electron chi connectivity index (χ3n) is 1.88. The predicted octanol–water partition coefficient (Wildman–Crippen LogP) is 3.07. The van der Waals surface area contributed by atoms with Crippen LogP contribution in [0.4, 0.5) is 5.69 Å². The highest BCUT2D eigenvalue weighted by Crippen LogP contribution is 2.22. The molecule has 17 heavy (non-hydrogen) atoms. The molecule has 94 valence electrons. The minimum Gasteiger partial charge on any atom is -0.296 e. The third kappa shape index (κ3) is 4.68. The molecular formula is C11H15ClN2O3. The van der Waals surface area contributed by atoms with E-state index >= 15 is 0 Å². The minimum absolute atomic E-state index is 0.0272. The molecule has 0 bridgehead atoms. The van der Waals surface area contributed by atoms with Crippen LogP contribution in [0.5, 0.6) is 0 Å². The van der Waals surface area contributed by atoms with Crippen molar-refractivity contribution in [1.82, 2.24) is 5.48 Å². The fourth-order valence-electron chi connectivity index (χ4n) is 1.20. The Kier molecular flexibility index (Phi) is 4.45. The van der Waals surface area contributed by atoms with Gasteiger partial charge >= 0.3 is 0 Å². The molecular weight excluding hydrogens is 244 g/mol. The Morgan fingerprint density at radius 3 is 2.65 bits per heavy atom. The van der Waals surface area contributed by atoms with E-state index in [1.165, 1.54) is 12.1 Å². The van der Waals surface area contributed by atoms with E-state index in [4.69, 9.17) is 16.4 Å². The molecule has 1 N–H and O–H groups in total. The molecule has 5 nitrogen and oxygen atoms in total. The van der Waals surface area contributed by atoms with Crippen molar-refractivity contribution < 1.29 is 9.76 Å². The lowest BCUT2D eigenvalue weighted by molar-refractivity contribution is -0.385. The molecule has 0 aromatic heterocycles. The van der Waals surface area contributed by atoms with Crippen LogP contribution >= 0.6 is 11.6 Å². The van der Waals surface area contributed by atoms with Crippen LogP contribution in [0.2, 0.25) is 5.02 Å². The summed E-state index contributed by atoms with van der Waals surface area (Å²) in [6, 6.07) is 4.43. The number of hydrogen-bond acceptors (Lipinski definition) is 4. The first-order chi connectivity index (χ1) is 7.79. The fourth-order valence-corrected chi connectivity index (χ4v) is 1.40. The minimum atomic E-state index is -0.440. The Morgan fingerprint density at radius 1 is 1.47 bits per heavy atom. The summed E-state index contributed by atoms with van der Waals surface area (Å²) in [5.74, 6) is 0. The second-order valence-electron chi connectivity index (χ2n) is 4.57. The van der Waals surface area contributed by atoms with Gasteiger partial charge in [0.05, 0.1) is 17.1 Å². The van der Waals surface area contributed by atoms with Crippen LogP contribution in [0, 0.1) is 10.1 Å². The number of nitro benzene ring substituents is 1. The van der Waals surface area contributed by atoms with E-state index in [1.807, 2.05) is 20.8 Å². The summed E-state index contributed by atoms with van der Waals surface area (Å²) in [4.78, 5) is 15.6. The summed E-state index contributed by atoms with van der Waals surface area (Å²) < 4.78 is 0. The summed E-state index contributed by atoms with van der Waals surface area (Å²) >= 11 is 5.80. The van der Waals surface area contributed by atoms with Crippen LogP contribution in [-0.2, 0) is 11.4 Å². The average molecular weight is 259 g/mol. The Bertz CT molecular complexity index is 416. The molecule has 0 aliphatic carbocycles. The zero-order chi connectivity index (χ0) is 13.1. The normalized spacial score (nSPS) is 11.5. The Morgan fingerprint density at radius 2 is 2.12 bits per heavy atom. The van der Waals surface area contributed by atoms with E-state index in [9.17, 15) is 10.1 Å². The maximum absolute atomic E-state index is 10.8. The number of rotatable bonds is 4. The average Bonchev–Trinajstić information content (AvgIpc) is 2.15. The van der Waals surface area contributed by atoms with Gasteiger partial charge in [-0.25, -0.2) is 0 Å². The summed E-state index contributed by atoms with van der Waals surface area (Å²) in [5.41, 5.74) is 2.87. The van der Waals surface area contributed by atoms with Gasteiger partial charge in [0.1, 0.15) is 0 Å². The van der Waals surface area contributed by atoms with Gasteiger partial charge in [0, 0.05) is 16.7 Å². The lowest BCUT2D eigenvalue weighted by Crippen LogP contribution is -2.28. The monoisotopic (exact) mass is 258 g/mol. The smallest absolute Gasteiger partial charge is 0.274 e. The van der Waals surface area contributed by atoms with Crippen molar-refractivity contribution in [2.24, 2.45) is 0 Å². The van der Waals surface area contributed by atoms with E-state index in [-0.39, 0.29) is 17.8 Å². The number of nitro groups is 1. The molecule has 6 heteroatoms. The lowest BCUT2D eigenvalue weighted by Gasteiger charge is -2.19. The number of nitrogens with zero attached hydrogens (tertiary/aromatic N) is 1. The molecule has 0 atom stereocenters. The van der Waals surface area contributed by atoms with Gasteiger partial charge in [0.2, 0.25) is 0 Å².